The summed E-state index contributed by atoms with van der Waals surface area (Å²) in [5.41, 5.74) is 1.76. The van der Waals surface area contributed by atoms with Crippen LogP contribution in [0.4, 0.5) is 10.8 Å². The number of aromatic nitrogens is 2. The number of carbonyl (C=O) groups excluding carboxylic acids is 2. The molecule has 1 aromatic carbocycles. The van der Waals surface area contributed by atoms with Crippen LogP contribution >= 0.6 is 46.0 Å². The molecule has 0 spiro atoms. The van der Waals surface area contributed by atoms with E-state index in [9.17, 15) is 9.59 Å². The van der Waals surface area contributed by atoms with Gasteiger partial charge in [-0.2, -0.15) is 0 Å². The van der Waals surface area contributed by atoms with E-state index in [0.29, 0.717) is 15.8 Å². The van der Waals surface area contributed by atoms with Crippen LogP contribution < -0.4 is 10.6 Å². The number of nitrogens with zero attached hydrogens (tertiary/aromatic N) is 2. The van der Waals surface area contributed by atoms with Gasteiger partial charge in [0, 0.05) is 34.0 Å². The van der Waals surface area contributed by atoms with Crippen molar-refractivity contribution < 1.29 is 9.59 Å². The van der Waals surface area contributed by atoms with Crippen LogP contribution in [0.25, 0.3) is 0 Å². The second-order valence-electron chi connectivity index (χ2n) is 5.18. The molecule has 2 N–H and O–H groups in total. The molecule has 6 nitrogen and oxygen atoms in total. The Morgan fingerprint density at radius 3 is 2.62 bits per heavy atom. The molecule has 0 saturated carbocycles. The van der Waals surface area contributed by atoms with Crippen LogP contribution in [0.15, 0.2) is 38.2 Å². The molecule has 0 fully saturated rings. The number of anilines is 2. The lowest BCUT2D eigenvalue weighted by atomic mass is 10.3. The third kappa shape index (κ3) is 4.82. The van der Waals surface area contributed by atoms with Gasteiger partial charge in [-0.05, 0) is 25.1 Å². The molecule has 0 atom stereocenters. The minimum atomic E-state index is -0.370. The molecule has 0 radical (unpaired) electrons. The summed E-state index contributed by atoms with van der Waals surface area (Å²) in [6, 6.07) is 5.29. The molecule has 3 rings (SSSR count). The Morgan fingerprint density at radius 2 is 1.96 bits per heavy atom. The van der Waals surface area contributed by atoms with Gasteiger partial charge in [0.25, 0.3) is 5.91 Å². The molecule has 0 aliphatic rings. The van der Waals surface area contributed by atoms with E-state index in [-0.39, 0.29) is 17.5 Å². The topological polar surface area (TPSA) is 84.0 Å². The molecule has 0 saturated heterocycles. The summed E-state index contributed by atoms with van der Waals surface area (Å²) in [5.74, 6) is -0.605. The van der Waals surface area contributed by atoms with Gasteiger partial charge in [0.15, 0.2) is 9.47 Å². The van der Waals surface area contributed by atoms with Gasteiger partial charge in [0.2, 0.25) is 5.91 Å². The standard InChI is InChI=1S/C16H13ClN4O2S3/c1-8-6-25-16(18-8)26-13-4-3-10(5-11(13)17)20-14(23)12-7-24-15(21-12)19-9(2)22/h3-7H,1-2H3,(H,20,23)(H,19,21,22). The van der Waals surface area contributed by atoms with Crippen LogP contribution in [0.1, 0.15) is 23.1 Å². The van der Waals surface area contributed by atoms with Crippen molar-refractivity contribution in [3.8, 4) is 0 Å². The Kier molecular flexibility index (Phi) is 5.92. The quantitative estimate of drug-likeness (QED) is 0.607. The second-order valence-corrected chi connectivity index (χ2v) is 8.59. The van der Waals surface area contributed by atoms with Crippen molar-refractivity contribution in [3.63, 3.8) is 0 Å². The molecule has 3 aromatic rings. The Morgan fingerprint density at radius 1 is 1.15 bits per heavy atom. The van der Waals surface area contributed by atoms with Gasteiger partial charge in [-0.25, -0.2) is 9.97 Å². The Hall–Kier alpha value is -1.94. The summed E-state index contributed by atoms with van der Waals surface area (Å²) >= 11 is 10.5. The van der Waals surface area contributed by atoms with Crippen LogP contribution in [0.5, 0.6) is 0 Å². The number of hydrogen-bond acceptors (Lipinski definition) is 7. The lowest BCUT2D eigenvalue weighted by Gasteiger charge is -2.07. The van der Waals surface area contributed by atoms with Gasteiger partial charge in [-0.3, -0.25) is 9.59 Å². The molecule has 134 valence electrons. The molecule has 2 amide bonds. The summed E-state index contributed by atoms with van der Waals surface area (Å²) in [5, 5.41) is 9.76. The van der Waals surface area contributed by atoms with Crippen LogP contribution in [-0.4, -0.2) is 21.8 Å². The molecule has 2 heterocycles. The molecular weight excluding hydrogens is 412 g/mol. The fourth-order valence-electron chi connectivity index (χ4n) is 1.92. The number of nitrogens with one attached hydrogen (secondary N) is 2. The van der Waals surface area contributed by atoms with E-state index in [2.05, 4.69) is 20.6 Å². The highest BCUT2D eigenvalue weighted by molar-refractivity contribution is 8.01. The van der Waals surface area contributed by atoms with Crippen LogP contribution in [0.2, 0.25) is 5.02 Å². The van der Waals surface area contributed by atoms with Crippen LogP contribution in [-0.2, 0) is 4.79 Å². The lowest BCUT2D eigenvalue weighted by molar-refractivity contribution is -0.114. The van der Waals surface area contributed by atoms with E-state index in [1.807, 2.05) is 18.4 Å². The Balaban J connectivity index is 1.68. The zero-order valence-corrected chi connectivity index (χ0v) is 16.9. The average molecular weight is 425 g/mol. The van der Waals surface area contributed by atoms with Crippen molar-refractivity contribution >= 4 is 68.7 Å². The summed E-state index contributed by atoms with van der Waals surface area (Å²) < 4.78 is 0.911. The predicted molar refractivity (Wildman–Crippen MR) is 107 cm³/mol. The number of carbonyl (C=O) groups is 2. The highest BCUT2D eigenvalue weighted by Gasteiger charge is 2.13. The summed E-state index contributed by atoms with van der Waals surface area (Å²) in [4.78, 5) is 32.6. The fraction of sp³-hybridized carbons (Fsp3) is 0.125. The van der Waals surface area contributed by atoms with Gasteiger partial charge >= 0.3 is 0 Å². The number of rotatable bonds is 5. The van der Waals surface area contributed by atoms with Gasteiger partial charge in [-0.1, -0.05) is 23.4 Å². The maximum Gasteiger partial charge on any atom is 0.275 e. The minimum Gasteiger partial charge on any atom is -0.321 e. The van der Waals surface area contributed by atoms with E-state index < -0.39 is 0 Å². The van der Waals surface area contributed by atoms with Gasteiger partial charge in [0.05, 0.1) is 5.02 Å². The van der Waals surface area contributed by atoms with Crippen LogP contribution in [0, 0.1) is 6.92 Å². The molecule has 0 aliphatic heterocycles. The molecule has 10 heteroatoms. The first-order valence-corrected chi connectivity index (χ1v) is 10.3. The first-order valence-electron chi connectivity index (χ1n) is 7.34. The molecule has 26 heavy (non-hydrogen) atoms. The normalized spacial score (nSPS) is 10.6. The van der Waals surface area contributed by atoms with Gasteiger partial charge in [0.1, 0.15) is 5.69 Å². The molecular formula is C16H13ClN4O2S3. The smallest absolute Gasteiger partial charge is 0.275 e. The lowest BCUT2D eigenvalue weighted by Crippen LogP contribution is -2.13. The highest BCUT2D eigenvalue weighted by atomic mass is 35.5. The number of amides is 2. The summed E-state index contributed by atoms with van der Waals surface area (Å²) in [6.07, 6.45) is 0. The van der Waals surface area contributed by atoms with E-state index >= 15 is 0 Å². The largest absolute Gasteiger partial charge is 0.321 e. The Labute approximate surface area is 167 Å². The van der Waals surface area contributed by atoms with Gasteiger partial charge in [-0.15, -0.1) is 22.7 Å². The van der Waals surface area contributed by atoms with Crippen LogP contribution in [0.3, 0.4) is 0 Å². The fourth-order valence-corrected chi connectivity index (χ4v) is 4.75. The van der Waals surface area contributed by atoms with Crippen molar-refractivity contribution in [1.29, 1.82) is 0 Å². The molecule has 0 unspecified atom stereocenters. The van der Waals surface area contributed by atoms with E-state index in [1.165, 1.54) is 30.0 Å². The second kappa shape index (κ2) is 8.17. The number of hydrogen-bond donors (Lipinski definition) is 2. The highest BCUT2D eigenvalue weighted by Crippen LogP contribution is 2.36. The summed E-state index contributed by atoms with van der Waals surface area (Å²) in [6.45, 7) is 3.33. The Bertz CT molecular complexity index is 970. The van der Waals surface area contributed by atoms with Crippen molar-refractivity contribution in [2.45, 2.75) is 23.1 Å². The zero-order valence-electron chi connectivity index (χ0n) is 13.7. The molecule has 0 bridgehead atoms. The average Bonchev–Trinajstić information content (AvgIpc) is 3.18. The van der Waals surface area contributed by atoms with Crippen molar-refractivity contribution in [2.75, 3.05) is 10.6 Å². The molecule has 0 aliphatic carbocycles. The van der Waals surface area contributed by atoms with E-state index in [4.69, 9.17) is 11.6 Å². The monoisotopic (exact) mass is 424 g/mol. The number of halogens is 1. The third-order valence-electron chi connectivity index (χ3n) is 3.00. The summed E-state index contributed by atoms with van der Waals surface area (Å²) in [7, 11) is 0. The maximum absolute atomic E-state index is 12.3. The SMILES string of the molecule is CC(=O)Nc1nc(C(=O)Nc2ccc(Sc3nc(C)cs3)c(Cl)c2)cs1. The maximum atomic E-state index is 12.3. The van der Waals surface area contributed by atoms with Crippen molar-refractivity contribution in [1.82, 2.24) is 9.97 Å². The first kappa shape index (κ1) is 18.8. The molecule has 2 aromatic heterocycles. The van der Waals surface area contributed by atoms with E-state index in [0.717, 1.165) is 14.9 Å². The van der Waals surface area contributed by atoms with Gasteiger partial charge < -0.3 is 10.6 Å². The van der Waals surface area contributed by atoms with Crippen molar-refractivity contribution in [3.05, 3.63) is 45.4 Å². The van der Waals surface area contributed by atoms with E-state index in [1.54, 1.807) is 28.8 Å². The number of aryl methyl sites for hydroxylation is 1. The predicted octanol–water partition coefficient (Wildman–Crippen LogP) is 4.92. The number of benzene rings is 1. The zero-order chi connectivity index (χ0) is 18.7. The third-order valence-corrected chi connectivity index (χ3v) is 6.32. The number of thiazole rings is 2. The van der Waals surface area contributed by atoms with Crippen molar-refractivity contribution in [2.24, 2.45) is 0 Å². The minimum absolute atomic E-state index is 0.228. The first-order chi connectivity index (χ1) is 12.4.